The van der Waals surface area contributed by atoms with E-state index in [4.69, 9.17) is 5.73 Å². The van der Waals surface area contributed by atoms with Crippen LogP contribution in [-0.2, 0) is 6.54 Å². The van der Waals surface area contributed by atoms with Crippen LogP contribution in [-0.4, -0.2) is 9.78 Å². The molecule has 0 amide bonds. The Labute approximate surface area is 80.8 Å². The van der Waals surface area contributed by atoms with Crippen molar-refractivity contribution in [1.29, 1.82) is 0 Å². The highest BCUT2D eigenvalue weighted by atomic mass is 32.1. The van der Waals surface area contributed by atoms with Gasteiger partial charge < -0.3 is 5.73 Å². The monoisotopic (exact) mass is 193 g/mol. The van der Waals surface area contributed by atoms with Crippen molar-refractivity contribution < 1.29 is 0 Å². The maximum Gasteiger partial charge on any atom is 0.122 e. The van der Waals surface area contributed by atoms with Crippen LogP contribution in [0, 0.1) is 6.92 Å². The second-order valence-corrected chi connectivity index (χ2v) is 3.94. The van der Waals surface area contributed by atoms with Crippen molar-refractivity contribution in [3.63, 3.8) is 0 Å². The van der Waals surface area contributed by atoms with Gasteiger partial charge in [-0.3, -0.25) is 0 Å². The van der Waals surface area contributed by atoms with Gasteiger partial charge in [0.15, 0.2) is 0 Å². The molecular formula is C9H11N3S. The number of aromatic nitrogens is 2. The molecule has 2 aromatic heterocycles. The van der Waals surface area contributed by atoms with E-state index in [1.54, 1.807) is 22.2 Å². The van der Waals surface area contributed by atoms with Crippen molar-refractivity contribution in [3.05, 3.63) is 34.2 Å². The Bertz CT molecular complexity index is 364. The van der Waals surface area contributed by atoms with Gasteiger partial charge in [-0.25, -0.2) is 4.68 Å². The fourth-order valence-corrected chi connectivity index (χ4v) is 2.06. The van der Waals surface area contributed by atoms with Gasteiger partial charge in [0.25, 0.3) is 0 Å². The minimum Gasteiger partial charge on any atom is -0.384 e. The van der Waals surface area contributed by atoms with Gasteiger partial charge in [0, 0.05) is 4.88 Å². The van der Waals surface area contributed by atoms with E-state index in [9.17, 15) is 0 Å². The summed E-state index contributed by atoms with van der Waals surface area (Å²) in [6.45, 7) is 2.88. The topological polar surface area (TPSA) is 43.8 Å². The smallest absolute Gasteiger partial charge is 0.122 e. The lowest BCUT2D eigenvalue weighted by Gasteiger charge is -2.02. The zero-order valence-electron chi connectivity index (χ0n) is 7.40. The molecule has 0 saturated heterocycles. The molecule has 0 unspecified atom stereocenters. The summed E-state index contributed by atoms with van der Waals surface area (Å²) in [5.74, 6) is 0.716. The van der Waals surface area contributed by atoms with Crippen LogP contribution in [0.25, 0.3) is 0 Å². The molecule has 0 atom stereocenters. The van der Waals surface area contributed by atoms with Gasteiger partial charge in [0.2, 0.25) is 0 Å². The molecule has 0 fully saturated rings. The molecule has 68 valence electrons. The molecule has 4 heteroatoms. The molecule has 13 heavy (non-hydrogen) atoms. The summed E-state index contributed by atoms with van der Waals surface area (Å²) in [7, 11) is 0. The first-order valence-corrected chi connectivity index (χ1v) is 4.95. The van der Waals surface area contributed by atoms with Crippen LogP contribution < -0.4 is 5.73 Å². The second kappa shape index (κ2) is 3.22. The standard InChI is InChI=1S/C9H11N3S/c1-7-3-5-13-8(7)6-12-9(10)2-4-11-12/h2-5H,6,10H2,1H3. The maximum atomic E-state index is 5.71. The Hall–Kier alpha value is -1.29. The summed E-state index contributed by atoms with van der Waals surface area (Å²) in [5, 5.41) is 6.22. The Balaban J connectivity index is 2.24. The van der Waals surface area contributed by atoms with Crippen LogP contribution in [0.15, 0.2) is 23.7 Å². The minimum atomic E-state index is 0.716. The van der Waals surface area contributed by atoms with Gasteiger partial charge in [-0.05, 0) is 30.0 Å². The number of rotatable bonds is 2. The minimum absolute atomic E-state index is 0.716. The SMILES string of the molecule is Cc1ccsc1Cn1nccc1N. The number of hydrogen-bond acceptors (Lipinski definition) is 3. The van der Waals surface area contributed by atoms with E-state index in [2.05, 4.69) is 23.5 Å². The van der Waals surface area contributed by atoms with Gasteiger partial charge >= 0.3 is 0 Å². The molecule has 0 aliphatic carbocycles. The molecule has 0 bridgehead atoms. The highest BCUT2D eigenvalue weighted by Crippen LogP contribution is 2.17. The van der Waals surface area contributed by atoms with Crippen molar-refractivity contribution in [2.24, 2.45) is 0 Å². The Kier molecular flexibility index (Phi) is 2.06. The van der Waals surface area contributed by atoms with Gasteiger partial charge in [-0.2, -0.15) is 5.10 Å². The molecule has 0 aliphatic rings. The first-order valence-electron chi connectivity index (χ1n) is 4.07. The fraction of sp³-hybridized carbons (Fsp3) is 0.222. The van der Waals surface area contributed by atoms with E-state index >= 15 is 0 Å². The Morgan fingerprint density at radius 3 is 2.92 bits per heavy atom. The number of nitrogens with two attached hydrogens (primary N) is 1. The predicted octanol–water partition coefficient (Wildman–Crippen LogP) is 1.88. The molecule has 3 nitrogen and oxygen atoms in total. The zero-order chi connectivity index (χ0) is 9.26. The van der Waals surface area contributed by atoms with Crippen molar-refractivity contribution in [1.82, 2.24) is 9.78 Å². The molecule has 0 radical (unpaired) electrons. The first-order chi connectivity index (χ1) is 6.27. The molecule has 0 saturated carbocycles. The van der Waals surface area contributed by atoms with E-state index < -0.39 is 0 Å². The Morgan fingerprint density at radius 1 is 1.54 bits per heavy atom. The number of nitrogens with zero attached hydrogens (tertiary/aromatic N) is 2. The second-order valence-electron chi connectivity index (χ2n) is 2.94. The van der Waals surface area contributed by atoms with E-state index in [1.807, 2.05) is 6.07 Å². The van der Waals surface area contributed by atoms with Gasteiger partial charge in [-0.1, -0.05) is 0 Å². The van der Waals surface area contributed by atoms with Crippen LogP contribution in [0.5, 0.6) is 0 Å². The maximum absolute atomic E-state index is 5.71. The number of aryl methyl sites for hydroxylation is 1. The molecule has 2 N–H and O–H groups in total. The normalized spacial score (nSPS) is 10.5. The summed E-state index contributed by atoms with van der Waals surface area (Å²) in [4.78, 5) is 1.32. The van der Waals surface area contributed by atoms with E-state index in [1.165, 1.54) is 10.4 Å². The van der Waals surface area contributed by atoms with Gasteiger partial charge in [0.1, 0.15) is 5.82 Å². The average molecular weight is 193 g/mol. The third kappa shape index (κ3) is 1.58. The molecule has 0 spiro atoms. The highest BCUT2D eigenvalue weighted by molar-refractivity contribution is 7.10. The highest BCUT2D eigenvalue weighted by Gasteiger charge is 2.03. The lowest BCUT2D eigenvalue weighted by Crippen LogP contribution is -2.04. The summed E-state index contributed by atoms with van der Waals surface area (Å²) in [6.07, 6.45) is 1.72. The van der Waals surface area contributed by atoms with Crippen molar-refractivity contribution in [2.75, 3.05) is 5.73 Å². The number of thiophene rings is 1. The average Bonchev–Trinajstić information content (AvgIpc) is 2.65. The van der Waals surface area contributed by atoms with Gasteiger partial charge in [0.05, 0.1) is 12.7 Å². The predicted molar refractivity (Wildman–Crippen MR) is 54.8 cm³/mol. The van der Waals surface area contributed by atoms with Crippen LogP contribution in [0.2, 0.25) is 0 Å². The third-order valence-corrected chi connectivity index (χ3v) is 3.02. The molecular weight excluding hydrogens is 182 g/mol. The summed E-state index contributed by atoms with van der Waals surface area (Å²) in [5.41, 5.74) is 7.02. The fourth-order valence-electron chi connectivity index (χ4n) is 1.18. The lowest BCUT2D eigenvalue weighted by molar-refractivity contribution is 0.703. The van der Waals surface area contributed by atoms with E-state index in [0.717, 1.165) is 6.54 Å². The van der Waals surface area contributed by atoms with Gasteiger partial charge in [-0.15, -0.1) is 11.3 Å². The van der Waals surface area contributed by atoms with Crippen molar-refractivity contribution in [3.8, 4) is 0 Å². The molecule has 2 rings (SSSR count). The van der Waals surface area contributed by atoms with Crippen molar-refractivity contribution in [2.45, 2.75) is 13.5 Å². The number of anilines is 1. The summed E-state index contributed by atoms with van der Waals surface area (Å²) in [6, 6.07) is 3.92. The third-order valence-electron chi connectivity index (χ3n) is 2.01. The van der Waals surface area contributed by atoms with E-state index in [0.29, 0.717) is 5.82 Å². The number of hydrogen-bond donors (Lipinski definition) is 1. The van der Waals surface area contributed by atoms with E-state index in [-0.39, 0.29) is 0 Å². The largest absolute Gasteiger partial charge is 0.384 e. The Morgan fingerprint density at radius 2 is 2.38 bits per heavy atom. The zero-order valence-corrected chi connectivity index (χ0v) is 8.21. The lowest BCUT2D eigenvalue weighted by atomic mass is 10.3. The van der Waals surface area contributed by atoms with Crippen LogP contribution in [0.1, 0.15) is 10.4 Å². The van der Waals surface area contributed by atoms with Crippen LogP contribution >= 0.6 is 11.3 Å². The quantitative estimate of drug-likeness (QED) is 0.791. The summed E-state index contributed by atoms with van der Waals surface area (Å²) < 4.78 is 1.80. The summed E-state index contributed by atoms with van der Waals surface area (Å²) >= 11 is 1.74. The molecule has 0 aliphatic heterocycles. The van der Waals surface area contributed by atoms with Crippen LogP contribution in [0.3, 0.4) is 0 Å². The van der Waals surface area contributed by atoms with Crippen molar-refractivity contribution >= 4 is 17.2 Å². The van der Waals surface area contributed by atoms with Crippen LogP contribution in [0.4, 0.5) is 5.82 Å². The molecule has 2 heterocycles. The number of nitrogen functional groups attached to an aromatic ring is 1. The first kappa shape index (κ1) is 8.31. The molecule has 0 aromatic carbocycles. The molecule has 2 aromatic rings.